The molecule has 4 rings (SSSR count). The summed E-state index contributed by atoms with van der Waals surface area (Å²) in [6.07, 6.45) is 5.50. The van der Waals surface area contributed by atoms with Gasteiger partial charge in [0.15, 0.2) is 0 Å². The minimum Gasteiger partial charge on any atom is -0.342 e. The fourth-order valence-electron chi connectivity index (χ4n) is 4.10. The molecule has 1 aliphatic carbocycles. The fraction of sp³-hybridized carbons (Fsp3) is 0.435. The monoisotopic (exact) mass is 400 g/mol. The van der Waals surface area contributed by atoms with Gasteiger partial charge in [-0.15, -0.1) is 0 Å². The van der Waals surface area contributed by atoms with Crippen molar-refractivity contribution in [3.05, 3.63) is 59.9 Å². The maximum Gasteiger partial charge on any atom is 0.226 e. The molecule has 1 heterocycles. The number of benzene rings is 2. The first-order chi connectivity index (χ1) is 13.6. The van der Waals surface area contributed by atoms with Gasteiger partial charge in [0.1, 0.15) is 5.82 Å². The van der Waals surface area contributed by atoms with Crippen LogP contribution in [0.3, 0.4) is 0 Å². The average Bonchev–Trinajstić information content (AvgIpc) is 3.54. The van der Waals surface area contributed by atoms with Gasteiger partial charge in [-0.3, -0.25) is 4.79 Å². The zero-order valence-corrected chi connectivity index (χ0v) is 17.2. The fourth-order valence-corrected chi connectivity index (χ4v) is 4.10. The van der Waals surface area contributed by atoms with Crippen LogP contribution in [0.5, 0.6) is 0 Å². The minimum absolute atomic E-state index is 0.0749. The maximum atomic E-state index is 13.2. The summed E-state index contributed by atoms with van der Waals surface area (Å²) in [4.78, 5) is 14.9. The molecule has 0 radical (unpaired) electrons. The van der Waals surface area contributed by atoms with Gasteiger partial charge in [0.05, 0.1) is 0 Å². The topological polar surface area (TPSA) is 46.3 Å². The molecule has 5 heteroatoms. The Morgan fingerprint density at radius 2 is 1.79 bits per heavy atom. The number of carbonyl (C=O) groups is 1. The van der Waals surface area contributed by atoms with Crippen molar-refractivity contribution < 1.29 is 9.18 Å². The lowest BCUT2D eigenvalue weighted by Gasteiger charge is -2.21. The predicted octanol–water partition coefficient (Wildman–Crippen LogP) is 4.48. The Labute approximate surface area is 172 Å². The van der Waals surface area contributed by atoms with Gasteiger partial charge in [0, 0.05) is 25.0 Å². The van der Waals surface area contributed by atoms with Crippen LogP contribution in [0.15, 0.2) is 48.5 Å². The zero-order chi connectivity index (χ0) is 20.1. The highest BCUT2D eigenvalue weighted by Crippen LogP contribution is 2.51. The Balaban J connectivity index is 0.00000109. The third kappa shape index (κ3) is 4.76. The normalized spacial score (nSPS) is 24.0. The Kier molecular flexibility index (Phi) is 7.13. The largest absolute Gasteiger partial charge is 0.342 e. The molecule has 1 amide bonds. The average molecular weight is 401 g/mol. The standard InChI is InChI=1S/C22H25FN2O.CH4S/c23-16-9-7-15(8-10-16)18-5-1-2-6-19(18)20-14-21(20)22(26)25-12-3-4-17(24)11-13-25;1-2/h1-2,5-10,17,20-21H,3-4,11-14,24H2;2H,1H3. The molecule has 3 nitrogen and oxygen atoms in total. The first kappa shape index (κ1) is 20.9. The highest BCUT2D eigenvalue weighted by atomic mass is 32.1. The summed E-state index contributed by atoms with van der Waals surface area (Å²) < 4.78 is 13.2. The molecule has 150 valence electrons. The summed E-state index contributed by atoms with van der Waals surface area (Å²) >= 11 is 3.53. The molecule has 1 aliphatic heterocycles. The summed E-state index contributed by atoms with van der Waals surface area (Å²) in [7, 11) is 0. The number of rotatable bonds is 3. The summed E-state index contributed by atoms with van der Waals surface area (Å²) in [5.74, 6) is 0.384. The molecular weight excluding hydrogens is 371 g/mol. The molecule has 3 unspecified atom stereocenters. The Morgan fingerprint density at radius 3 is 2.54 bits per heavy atom. The van der Waals surface area contributed by atoms with Crippen LogP contribution in [-0.4, -0.2) is 36.2 Å². The molecule has 1 saturated carbocycles. The molecule has 2 aliphatic rings. The van der Waals surface area contributed by atoms with Gasteiger partial charge in [-0.05, 0) is 66.7 Å². The van der Waals surface area contributed by atoms with Gasteiger partial charge >= 0.3 is 0 Å². The molecule has 2 aromatic carbocycles. The van der Waals surface area contributed by atoms with Crippen molar-refractivity contribution in [1.82, 2.24) is 4.90 Å². The van der Waals surface area contributed by atoms with E-state index in [1.54, 1.807) is 6.26 Å². The number of carbonyl (C=O) groups excluding carboxylic acids is 1. The Morgan fingerprint density at radius 1 is 1.07 bits per heavy atom. The lowest BCUT2D eigenvalue weighted by atomic mass is 9.96. The second kappa shape index (κ2) is 9.57. The summed E-state index contributed by atoms with van der Waals surface area (Å²) in [5, 5.41) is 0. The number of amides is 1. The second-order valence-electron chi connectivity index (χ2n) is 7.56. The molecule has 2 aromatic rings. The Hall–Kier alpha value is -1.85. The number of halogens is 1. The van der Waals surface area contributed by atoms with Crippen LogP contribution in [0.25, 0.3) is 11.1 Å². The van der Waals surface area contributed by atoms with Crippen molar-refractivity contribution in [2.75, 3.05) is 19.3 Å². The number of likely N-dealkylation sites (tertiary alicyclic amines) is 1. The van der Waals surface area contributed by atoms with Crippen LogP contribution in [0.1, 0.15) is 37.2 Å². The van der Waals surface area contributed by atoms with Crippen LogP contribution in [0.2, 0.25) is 0 Å². The first-order valence-corrected chi connectivity index (χ1v) is 10.9. The molecule has 2 N–H and O–H groups in total. The SMILES string of the molecule is CS.NC1CCCN(C(=O)C2CC2c2ccccc2-c2ccc(F)cc2)CC1. The number of nitrogens with zero attached hydrogens (tertiary/aromatic N) is 1. The lowest BCUT2D eigenvalue weighted by molar-refractivity contribution is -0.132. The van der Waals surface area contributed by atoms with Gasteiger partial charge in [0.25, 0.3) is 0 Å². The number of hydrogen-bond donors (Lipinski definition) is 2. The molecule has 3 atom stereocenters. The third-order valence-electron chi connectivity index (χ3n) is 5.71. The van der Waals surface area contributed by atoms with E-state index in [4.69, 9.17) is 5.73 Å². The van der Waals surface area contributed by atoms with Crippen molar-refractivity contribution in [2.24, 2.45) is 11.7 Å². The van der Waals surface area contributed by atoms with E-state index in [0.717, 1.165) is 49.9 Å². The van der Waals surface area contributed by atoms with Crippen molar-refractivity contribution in [3.8, 4) is 11.1 Å². The highest BCUT2D eigenvalue weighted by Gasteiger charge is 2.46. The van der Waals surface area contributed by atoms with Gasteiger partial charge in [-0.2, -0.15) is 12.6 Å². The minimum atomic E-state index is -0.231. The van der Waals surface area contributed by atoms with Gasteiger partial charge in [0.2, 0.25) is 5.91 Å². The lowest BCUT2D eigenvalue weighted by Crippen LogP contribution is -2.34. The first-order valence-electron chi connectivity index (χ1n) is 9.97. The van der Waals surface area contributed by atoms with E-state index < -0.39 is 0 Å². The number of nitrogens with two attached hydrogens (primary N) is 1. The predicted molar refractivity (Wildman–Crippen MR) is 116 cm³/mol. The molecule has 2 fully saturated rings. The van der Waals surface area contributed by atoms with Crippen LogP contribution in [-0.2, 0) is 4.79 Å². The third-order valence-corrected chi connectivity index (χ3v) is 5.71. The van der Waals surface area contributed by atoms with Crippen LogP contribution < -0.4 is 5.73 Å². The van der Waals surface area contributed by atoms with E-state index in [9.17, 15) is 9.18 Å². The molecule has 0 spiro atoms. The molecule has 0 aromatic heterocycles. The van der Waals surface area contributed by atoms with Crippen LogP contribution in [0, 0.1) is 11.7 Å². The van der Waals surface area contributed by atoms with E-state index in [1.165, 1.54) is 17.7 Å². The smallest absolute Gasteiger partial charge is 0.226 e. The van der Waals surface area contributed by atoms with E-state index >= 15 is 0 Å². The molecular formula is C23H29FN2OS. The second-order valence-corrected chi connectivity index (χ2v) is 7.56. The van der Waals surface area contributed by atoms with Crippen molar-refractivity contribution in [1.29, 1.82) is 0 Å². The highest BCUT2D eigenvalue weighted by molar-refractivity contribution is 7.79. The van der Waals surface area contributed by atoms with E-state index in [0.29, 0.717) is 0 Å². The van der Waals surface area contributed by atoms with E-state index in [2.05, 4.69) is 24.8 Å². The van der Waals surface area contributed by atoms with Crippen LogP contribution in [0.4, 0.5) is 4.39 Å². The summed E-state index contributed by atoms with van der Waals surface area (Å²) in [5.41, 5.74) is 9.34. The summed E-state index contributed by atoms with van der Waals surface area (Å²) in [6.45, 7) is 1.61. The van der Waals surface area contributed by atoms with Gasteiger partial charge in [-0.25, -0.2) is 4.39 Å². The molecule has 1 saturated heterocycles. The van der Waals surface area contributed by atoms with Crippen molar-refractivity contribution in [2.45, 2.75) is 37.6 Å². The maximum absolute atomic E-state index is 13.2. The zero-order valence-electron chi connectivity index (χ0n) is 16.4. The van der Waals surface area contributed by atoms with Crippen molar-refractivity contribution in [3.63, 3.8) is 0 Å². The van der Waals surface area contributed by atoms with E-state index in [1.807, 2.05) is 29.2 Å². The number of thiol groups is 1. The van der Waals surface area contributed by atoms with E-state index in [-0.39, 0.29) is 29.6 Å². The Bertz CT molecular complexity index is 795. The van der Waals surface area contributed by atoms with Crippen LogP contribution >= 0.6 is 12.6 Å². The quantitative estimate of drug-likeness (QED) is 0.746. The van der Waals surface area contributed by atoms with Gasteiger partial charge < -0.3 is 10.6 Å². The summed E-state index contributed by atoms with van der Waals surface area (Å²) in [6, 6.07) is 15.0. The van der Waals surface area contributed by atoms with Crippen molar-refractivity contribution >= 4 is 18.5 Å². The van der Waals surface area contributed by atoms with Gasteiger partial charge in [-0.1, -0.05) is 36.4 Å². The molecule has 0 bridgehead atoms. The number of hydrogen-bond acceptors (Lipinski definition) is 3. The molecule has 28 heavy (non-hydrogen) atoms.